The zero-order chi connectivity index (χ0) is 20.3. The molecule has 0 atom stereocenters. The monoisotopic (exact) mass is 408 g/mol. The summed E-state index contributed by atoms with van der Waals surface area (Å²) in [4.78, 5) is 16.7. The molecule has 0 aliphatic heterocycles. The second kappa shape index (κ2) is 8.15. The van der Waals surface area contributed by atoms with Crippen molar-refractivity contribution in [1.82, 2.24) is 14.9 Å². The molecule has 0 spiro atoms. The van der Waals surface area contributed by atoms with Gasteiger partial charge in [0.1, 0.15) is 10.7 Å². The zero-order valence-electron chi connectivity index (χ0n) is 15.1. The number of hydrogen-bond donors (Lipinski definition) is 2. The van der Waals surface area contributed by atoms with E-state index >= 15 is 0 Å². The second-order valence-corrected chi connectivity index (χ2v) is 7.04. The van der Waals surface area contributed by atoms with E-state index in [0.29, 0.717) is 47.2 Å². The van der Waals surface area contributed by atoms with Crippen molar-refractivity contribution in [3.8, 4) is 22.0 Å². The molecular formula is C19H19F3N4OS. The van der Waals surface area contributed by atoms with Gasteiger partial charge in [0.15, 0.2) is 0 Å². The SMILES string of the molecule is Cn1c(C(=O)NCCCN)ccc1-c1nc(-c2cccc(C(F)(F)F)c2)cs1. The van der Waals surface area contributed by atoms with Gasteiger partial charge in [-0.05, 0) is 37.2 Å². The third kappa shape index (κ3) is 4.26. The Labute approximate surface area is 164 Å². The smallest absolute Gasteiger partial charge is 0.351 e. The standard InChI is InChI=1S/C19H19F3N4OS/c1-26-15(17(27)24-9-3-8-23)6-7-16(26)18-25-14(11-28-18)12-4-2-5-13(10-12)19(20,21)22/h2,4-7,10-11H,3,8-9,23H2,1H3,(H,24,27). The highest BCUT2D eigenvalue weighted by atomic mass is 32.1. The van der Waals surface area contributed by atoms with E-state index in [4.69, 9.17) is 5.73 Å². The predicted molar refractivity (Wildman–Crippen MR) is 103 cm³/mol. The van der Waals surface area contributed by atoms with Crippen LogP contribution in [0, 0.1) is 0 Å². The Balaban J connectivity index is 1.84. The number of carbonyl (C=O) groups is 1. The number of hydrogen-bond acceptors (Lipinski definition) is 4. The first-order valence-electron chi connectivity index (χ1n) is 8.59. The third-order valence-corrected chi connectivity index (χ3v) is 5.09. The minimum Gasteiger partial charge on any atom is -0.351 e. The summed E-state index contributed by atoms with van der Waals surface area (Å²) in [5, 5.41) is 5.12. The average molecular weight is 408 g/mol. The van der Waals surface area contributed by atoms with Crippen molar-refractivity contribution in [3.63, 3.8) is 0 Å². The first-order chi connectivity index (χ1) is 13.3. The Morgan fingerprint density at radius 2 is 2.07 bits per heavy atom. The van der Waals surface area contributed by atoms with Gasteiger partial charge in [0, 0.05) is 24.5 Å². The van der Waals surface area contributed by atoms with Crippen molar-refractivity contribution in [3.05, 3.63) is 53.0 Å². The van der Waals surface area contributed by atoms with Crippen molar-refractivity contribution in [1.29, 1.82) is 0 Å². The van der Waals surface area contributed by atoms with Crippen LogP contribution in [0.3, 0.4) is 0 Å². The number of thiazole rings is 1. The van der Waals surface area contributed by atoms with Crippen LogP contribution in [0.5, 0.6) is 0 Å². The van der Waals surface area contributed by atoms with Crippen LogP contribution in [-0.2, 0) is 13.2 Å². The molecule has 3 N–H and O–H groups in total. The molecule has 28 heavy (non-hydrogen) atoms. The maximum atomic E-state index is 12.9. The molecule has 0 aliphatic carbocycles. The molecule has 0 aliphatic rings. The number of nitrogens with one attached hydrogen (secondary N) is 1. The number of rotatable bonds is 6. The van der Waals surface area contributed by atoms with Gasteiger partial charge in [-0.1, -0.05) is 12.1 Å². The Kier molecular flexibility index (Phi) is 5.85. The molecule has 0 radical (unpaired) electrons. The van der Waals surface area contributed by atoms with Gasteiger partial charge in [-0.2, -0.15) is 13.2 Å². The molecule has 2 heterocycles. The average Bonchev–Trinajstić information content (AvgIpc) is 3.28. The number of aromatic nitrogens is 2. The van der Waals surface area contributed by atoms with Gasteiger partial charge >= 0.3 is 6.18 Å². The predicted octanol–water partition coefficient (Wildman–Crippen LogP) is 3.91. The van der Waals surface area contributed by atoms with E-state index in [-0.39, 0.29) is 5.91 Å². The van der Waals surface area contributed by atoms with Gasteiger partial charge < -0.3 is 15.6 Å². The minimum absolute atomic E-state index is 0.211. The molecule has 3 rings (SSSR count). The van der Waals surface area contributed by atoms with Crippen LogP contribution < -0.4 is 11.1 Å². The number of amides is 1. The van der Waals surface area contributed by atoms with Crippen LogP contribution in [0.4, 0.5) is 13.2 Å². The molecule has 0 bridgehead atoms. The van der Waals surface area contributed by atoms with Crippen LogP contribution in [0.15, 0.2) is 41.8 Å². The number of carbonyl (C=O) groups excluding carboxylic acids is 1. The van der Waals surface area contributed by atoms with Gasteiger partial charge in [0.05, 0.1) is 17.0 Å². The molecule has 3 aromatic rings. The van der Waals surface area contributed by atoms with Gasteiger partial charge in [-0.25, -0.2) is 4.98 Å². The highest BCUT2D eigenvalue weighted by Crippen LogP contribution is 2.34. The fraction of sp³-hybridized carbons (Fsp3) is 0.263. The van der Waals surface area contributed by atoms with Crippen molar-refractivity contribution in [2.75, 3.05) is 13.1 Å². The first kappa shape index (κ1) is 20.1. The van der Waals surface area contributed by atoms with Gasteiger partial charge in [-0.15, -0.1) is 11.3 Å². The Morgan fingerprint density at radius 3 is 2.79 bits per heavy atom. The van der Waals surface area contributed by atoms with E-state index in [9.17, 15) is 18.0 Å². The fourth-order valence-electron chi connectivity index (χ4n) is 2.73. The van der Waals surface area contributed by atoms with Crippen molar-refractivity contribution in [2.45, 2.75) is 12.6 Å². The highest BCUT2D eigenvalue weighted by Gasteiger charge is 2.30. The summed E-state index contributed by atoms with van der Waals surface area (Å²) in [6.07, 6.45) is -3.71. The van der Waals surface area contributed by atoms with E-state index in [0.717, 1.165) is 12.1 Å². The van der Waals surface area contributed by atoms with Crippen LogP contribution in [0.25, 0.3) is 22.0 Å². The summed E-state index contributed by atoms with van der Waals surface area (Å²) in [6.45, 7) is 0.989. The summed E-state index contributed by atoms with van der Waals surface area (Å²) in [5.41, 5.74) is 6.75. The van der Waals surface area contributed by atoms with E-state index in [1.54, 1.807) is 35.2 Å². The summed E-state index contributed by atoms with van der Waals surface area (Å²) < 4.78 is 40.5. The molecule has 2 aromatic heterocycles. The van der Waals surface area contributed by atoms with E-state index in [2.05, 4.69) is 10.3 Å². The normalized spacial score (nSPS) is 11.6. The van der Waals surface area contributed by atoms with Crippen LogP contribution >= 0.6 is 11.3 Å². The quantitative estimate of drug-likeness (QED) is 0.608. The Hall–Kier alpha value is -2.65. The molecule has 0 saturated heterocycles. The first-order valence-corrected chi connectivity index (χ1v) is 9.46. The second-order valence-electron chi connectivity index (χ2n) is 6.18. The maximum absolute atomic E-state index is 12.9. The third-order valence-electron chi connectivity index (χ3n) is 4.23. The van der Waals surface area contributed by atoms with E-state index in [1.807, 2.05) is 0 Å². The van der Waals surface area contributed by atoms with E-state index in [1.165, 1.54) is 17.4 Å². The van der Waals surface area contributed by atoms with Crippen LogP contribution in [-0.4, -0.2) is 28.5 Å². The molecule has 9 heteroatoms. The van der Waals surface area contributed by atoms with Crippen molar-refractivity contribution < 1.29 is 18.0 Å². The molecule has 0 unspecified atom stereocenters. The van der Waals surface area contributed by atoms with Crippen LogP contribution in [0.1, 0.15) is 22.5 Å². The molecular weight excluding hydrogens is 389 g/mol. The molecule has 1 amide bonds. The Bertz CT molecular complexity index is 978. The summed E-state index contributed by atoms with van der Waals surface area (Å²) in [5.74, 6) is -0.211. The van der Waals surface area contributed by atoms with E-state index < -0.39 is 11.7 Å². The fourth-order valence-corrected chi connectivity index (χ4v) is 3.62. The van der Waals surface area contributed by atoms with Gasteiger partial charge in [0.25, 0.3) is 5.91 Å². The number of nitrogens with two attached hydrogens (primary N) is 1. The molecule has 0 saturated carbocycles. The highest BCUT2D eigenvalue weighted by molar-refractivity contribution is 7.13. The van der Waals surface area contributed by atoms with Crippen molar-refractivity contribution >= 4 is 17.2 Å². The zero-order valence-corrected chi connectivity index (χ0v) is 15.9. The summed E-state index contributed by atoms with van der Waals surface area (Å²) in [7, 11) is 1.75. The minimum atomic E-state index is -4.40. The van der Waals surface area contributed by atoms with Gasteiger partial charge in [0.2, 0.25) is 0 Å². The molecule has 148 valence electrons. The summed E-state index contributed by atoms with van der Waals surface area (Å²) >= 11 is 1.31. The van der Waals surface area contributed by atoms with Gasteiger partial charge in [-0.3, -0.25) is 4.79 Å². The lowest BCUT2D eigenvalue weighted by Gasteiger charge is -2.08. The largest absolute Gasteiger partial charge is 0.416 e. The number of halogens is 3. The molecule has 1 aromatic carbocycles. The molecule has 5 nitrogen and oxygen atoms in total. The summed E-state index contributed by atoms with van der Waals surface area (Å²) in [6, 6.07) is 8.54. The number of alkyl halides is 3. The van der Waals surface area contributed by atoms with Crippen molar-refractivity contribution in [2.24, 2.45) is 12.8 Å². The lowest BCUT2D eigenvalue weighted by atomic mass is 10.1. The van der Waals surface area contributed by atoms with Crippen LogP contribution in [0.2, 0.25) is 0 Å². The number of benzene rings is 1. The lowest BCUT2D eigenvalue weighted by Crippen LogP contribution is -2.27. The Morgan fingerprint density at radius 1 is 1.29 bits per heavy atom. The maximum Gasteiger partial charge on any atom is 0.416 e. The topological polar surface area (TPSA) is 72.9 Å². The number of nitrogens with zero attached hydrogens (tertiary/aromatic N) is 2. The molecule has 0 fully saturated rings. The lowest BCUT2D eigenvalue weighted by molar-refractivity contribution is -0.137.